The summed E-state index contributed by atoms with van der Waals surface area (Å²) in [5.41, 5.74) is 8.57. The number of benzene rings is 1. The lowest BCUT2D eigenvalue weighted by Crippen LogP contribution is -2.46. The molecule has 1 aromatic heterocycles. The summed E-state index contributed by atoms with van der Waals surface area (Å²) >= 11 is 0. The third kappa shape index (κ3) is 2.68. The van der Waals surface area contributed by atoms with E-state index in [-0.39, 0.29) is 12.1 Å². The summed E-state index contributed by atoms with van der Waals surface area (Å²) in [6.45, 7) is 2.39. The van der Waals surface area contributed by atoms with E-state index in [1.165, 1.54) is 6.42 Å². The zero-order valence-electron chi connectivity index (χ0n) is 12.5. The van der Waals surface area contributed by atoms with Crippen LogP contribution in [0, 0.1) is 5.92 Å². The van der Waals surface area contributed by atoms with Crippen LogP contribution in [0.3, 0.4) is 0 Å². The van der Waals surface area contributed by atoms with Crippen LogP contribution >= 0.6 is 0 Å². The molecule has 0 spiro atoms. The largest absolute Gasteiger partial charge is 0.397 e. The molecule has 2 unspecified atom stereocenters. The van der Waals surface area contributed by atoms with Gasteiger partial charge in [-0.2, -0.15) is 0 Å². The molecule has 2 aromatic rings. The van der Waals surface area contributed by atoms with Gasteiger partial charge >= 0.3 is 0 Å². The van der Waals surface area contributed by atoms with Gasteiger partial charge in [0.2, 0.25) is 0 Å². The third-order valence-electron chi connectivity index (χ3n) is 4.62. The zero-order valence-corrected chi connectivity index (χ0v) is 12.5. The van der Waals surface area contributed by atoms with E-state index >= 15 is 0 Å². The maximum Gasteiger partial charge on any atom is 0.0724 e. The van der Waals surface area contributed by atoms with E-state index in [4.69, 9.17) is 5.73 Å². The van der Waals surface area contributed by atoms with Crippen LogP contribution < -0.4 is 11.1 Å². The fourth-order valence-corrected chi connectivity index (χ4v) is 3.53. The summed E-state index contributed by atoms with van der Waals surface area (Å²) in [6, 6.07) is 7.83. The number of aromatic nitrogens is 1. The van der Waals surface area contributed by atoms with E-state index in [9.17, 15) is 5.11 Å². The van der Waals surface area contributed by atoms with Crippen LogP contribution in [0.2, 0.25) is 0 Å². The van der Waals surface area contributed by atoms with Crippen molar-refractivity contribution in [1.29, 1.82) is 0 Å². The standard InChI is InChI=1S/C17H23N3O/c1-12-4-2-8-17(10-12,11-21)20-15-7-6-14-13(16(15)18)5-3-9-19-14/h3,5-7,9,12,20-21H,2,4,8,10-11,18H2,1H3. The first kappa shape index (κ1) is 14.1. The number of nitrogen functional groups attached to an aromatic ring is 1. The van der Waals surface area contributed by atoms with Gasteiger partial charge in [-0.1, -0.05) is 19.8 Å². The Balaban J connectivity index is 1.95. The van der Waals surface area contributed by atoms with Gasteiger partial charge < -0.3 is 16.2 Å². The number of rotatable bonds is 3. The van der Waals surface area contributed by atoms with Crippen molar-refractivity contribution in [3.63, 3.8) is 0 Å². The highest BCUT2D eigenvalue weighted by Gasteiger charge is 2.34. The normalized spacial score (nSPS) is 25.9. The van der Waals surface area contributed by atoms with Crippen LogP contribution in [0.15, 0.2) is 30.5 Å². The molecule has 3 rings (SSSR count). The second-order valence-electron chi connectivity index (χ2n) is 6.36. The predicted molar refractivity (Wildman–Crippen MR) is 87.2 cm³/mol. The van der Waals surface area contributed by atoms with Crippen LogP contribution in [0.4, 0.5) is 11.4 Å². The molecule has 2 atom stereocenters. The van der Waals surface area contributed by atoms with E-state index in [1.54, 1.807) is 6.20 Å². The molecule has 1 aliphatic carbocycles. The highest BCUT2D eigenvalue weighted by atomic mass is 16.3. The lowest BCUT2D eigenvalue weighted by atomic mass is 9.76. The molecular weight excluding hydrogens is 262 g/mol. The predicted octanol–water partition coefficient (Wildman–Crippen LogP) is 3.17. The van der Waals surface area contributed by atoms with Gasteiger partial charge in [-0.25, -0.2) is 0 Å². The van der Waals surface area contributed by atoms with E-state index in [0.717, 1.165) is 35.9 Å². The molecule has 4 nitrogen and oxygen atoms in total. The number of hydrogen-bond acceptors (Lipinski definition) is 4. The zero-order chi connectivity index (χ0) is 14.9. The number of nitrogens with one attached hydrogen (secondary N) is 1. The van der Waals surface area contributed by atoms with Crippen molar-refractivity contribution in [2.75, 3.05) is 17.7 Å². The minimum atomic E-state index is -0.248. The lowest BCUT2D eigenvalue weighted by molar-refractivity contribution is 0.149. The van der Waals surface area contributed by atoms with E-state index in [0.29, 0.717) is 11.6 Å². The van der Waals surface area contributed by atoms with Gasteiger partial charge in [0.1, 0.15) is 0 Å². The molecule has 1 saturated carbocycles. The fraction of sp³-hybridized carbons (Fsp3) is 0.471. The van der Waals surface area contributed by atoms with Gasteiger partial charge in [0.15, 0.2) is 0 Å². The summed E-state index contributed by atoms with van der Waals surface area (Å²) in [7, 11) is 0. The molecule has 0 radical (unpaired) electrons. The Labute approximate surface area is 125 Å². The van der Waals surface area contributed by atoms with Crippen molar-refractivity contribution < 1.29 is 5.11 Å². The van der Waals surface area contributed by atoms with Crippen molar-refractivity contribution in [3.05, 3.63) is 30.5 Å². The van der Waals surface area contributed by atoms with Gasteiger partial charge in [-0.15, -0.1) is 0 Å². The van der Waals surface area contributed by atoms with Gasteiger partial charge in [0.25, 0.3) is 0 Å². The minimum absolute atomic E-state index is 0.141. The van der Waals surface area contributed by atoms with Crippen LogP contribution in [-0.2, 0) is 0 Å². The summed E-state index contributed by atoms with van der Waals surface area (Å²) in [5.74, 6) is 0.627. The Kier molecular flexibility index (Phi) is 3.72. The molecule has 112 valence electrons. The molecule has 0 amide bonds. The van der Waals surface area contributed by atoms with Crippen molar-refractivity contribution in [3.8, 4) is 0 Å². The van der Waals surface area contributed by atoms with Crippen LogP contribution in [0.25, 0.3) is 10.9 Å². The number of pyridine rings is 1. The topological polar surface area (TPSA) is 71.2 Å². The summed E-state index contributed by atoms with van der Waals surface area (Å²) in [6.07, 6.45) is 6.11. The van der Waals surface area contributed by atoms with Crippen molar-refractivity contribution in [1.82, 2.24) is 4.98 Å². The second kappa shape index (κ2) is 5.53. The van der Waals surface area contributed by atoms with Crippen molar-refractivity contribution in [2.24, 2.45) is 5.92 Å². The fourth-order valence-electron chi connectivity index (χ4n) is 3.53. The Bertz CT molecular complexity index is 643. The Hall–Kier alpha value is -1.81. The van der Waals surface area contributed by atoms with E-state index in [2.05, 4.69) is 17.2 Å². The van der Waals surface area contributed by atoms with Gasteiger partial charge in [-0.05, 0) is 43.0 Å². The summed E-state index contributed by atoms with van der Waals surface area (Å²) in [4.78, 5) is 4.32. The van der Waals surface area contributed by atoms with Crippen molar-refractivity contribution in [2.45, 2.75) is 38.1 Å². The number of nitrogens with two attached hydrogens (primary N) is 1. The quantitative estimate of drug-likeness (QED) is 0.757. The number of fused-ring (bicyclic) bond motifs is 1. The van der Waals surface area contributed by atoms with E-state index in [1.807, 2.05) is 24.3 Å². The highest BCUT2D eigenvalue weighted by Crippen LogP contribution is 2.37. The number of aliphatic hydroxyl groups excluding tert-OH is 1. The summed E-state index contributed by atoms with van der Waals surface area (Å²) < 4.78 is 0. The van der Waals surface area contributed by atoms with Gasteiger partial charge in [0.05, 0.1) is 29.0 Å². The smallest absolute Gasteiger partial charge is 0.0724 e. The Morgan fingerprint density at radius 2 is 2.29 bits per heavy atom. The maximum absolute atomic E-state index is 9.91. The van der Waals surface area contributed by atoms with E-state index < -0.39 is 0 Å². The van der Waals surface area contributed by atoms with Crippen LogP contribution in [0.1, 0.15) is 32.6 Å². The molecule has 1 aromatic carbocycles. The molecule has 0 saturated heterocycles. The summed E-state index contributed by atoms with van der Waals surface area (Å²) in [5, 5.41) is 14.4. The van der Waals surface area contributed by atoms with Crippen LogP contribution in [0.5, 0.6) is 0 Å². The third-order valence-corrected chi connectivity index (χ3v) is 4.62. The number of aliphatic hydroxyl groups is 1. The van der Waals surface area contributed by atoms with Crippen molar-refractivity contribution >= 4 is 22.3 Å². The van der Waals surface area contributed by atoms with Crippen LogP contribution in [-0.4, -0.2) is 22.2 Å². The van der Waals surface area contributed by atoms with Gasteiger partial charge in [0, 0.05) is 11.6 Å². The molecule has 21 heavy (non-hydrogen) atoms. The molecule has 1 aliphatic rings. The Morgan fingerprint density at radius 1 is 1.43 bits per heavy atom. The molecule has 4 heteroatoms. The number of nitrogens with zero attached hydrogens (tertiary/aromatic N) is 1. The number of hydrogen-bond donors (Lipinski definition) is 3. The average molecular weight is 285 g/mol. The monoisotopic (exact) mass is 285 g/mol. The molecule has 1 heterocycles. The average Bonchev–Trinajstić information content (AvgIpc) is 2.50. The lowest BCUT2D eigenvalue weighted by Gasteiger charge is -2.40. The first-order valence-electron chi connectivity index (χ1n) is 7.66. The first-order valence-corrected chi connectivity index (χ1v) is 7.66. The molecular formula is C17H23N3O. The molecule has 1 fully saturated rings. The first-order chi connectivity index (χ1) is 10.1. The minimum Gasteiger partial charge on any atom is -0.397 e. The Morgan fingerprint density at radius 3 is 3.05 bits per heavy atom. The second-order valence-corrected chi connectivity index (χ2v) is 6.36. The molecule has 0 bridgehead atoms. The van der Waals surface area contributed by atoms with Gasteiger partial charge in [-0.3, -0.25) is 4.98 Å². The maximum atomic E-state index is 9.91. The number of anilines is 2. The molecule has 0 aliphatic heterocycles. The highest BCUT2D eigenvalue weighted by molar-refractivity contribution is 5.96. The SMILES string of the molecule is CC1CCCC(CO)(Nc2ccc3ncccc3c2N)C1. The molecule has 4 N–H and O–H groups in total.